The van der Waals surface area contributed by atoms with E-state index in [-0.39, 0.29) is 11.6 Å². The topological polar surface area (TPSA) is 35.5 Å². The zero-order valence-electron chi connectivity index (χ0n) is 11.2. The number of aliphatic hydroxyl groups excluding tert-OH is 1. The van der Waals surface area contributed by atoms with Crippen molar-refractivity contribution in [2.75, 3.05) is 24.5 Å². The zero-order valence-corrected chi connectivity index (χ0v) is 12.0. The van der Waals surface area contributed by atoms with Crippen LogP contribution in [0.5, 0.6) is 0 Å². The van der Waals surface area contributed by atoms with E-state index >= 15 is 0 Å². The van der Waals surface area contributed by atoms with E-state index < -0.39 is 0 Å². The van der Waals surface area contributed by atoms with Gasteiger partial charge in [0.15, 0.2) is 0 Å². The van der Waals surface area contributed by atoms with Crippen LogP contribution in [0.4, 0.5) is 5.69 Å². The van der Waals surface area contributed by atoms with Crippen LogP contribution in [-0.4, -0.2) is 36.4 Å². The van der Waals surface area contributed by atoms with Gasteiger partial charge >= 0.3 is 0 Å². The summed E-state index contributed by atoms with van der Waals surface area (Å²) in [5.74, 6) is 0. The van der Waals surface area contributed by atoms with E-state index in [2.05, 4.69) is 30.1 Å². The largest absolute Gasteiger partial charge is 0.390 e. The highest BCUT2D eigenvalue weighted by Gasteiger charge is 2.27. The number of benzene rings is 1. The molecule has 0 amide bonds. The summed E-state index contributed by atoms with van der Waals surface area (Å²) in [7, 11) is 0. The molecule has 0 aromatic heterocycles. The molecule has 1 saturated heterocycles. The van der Waals surface area contributed by atoms with Crippen LogP contribution in [0.3, 0.4) is 0 Å². The van der Waals surface area contributed by atoms with Gasteiger partial charge in [0.1, 0.15) is 0 Å². The van der Waals surface area contributed by atoms with Crippen molar-refractivity contribution in [3.05, 3.63) is 28.8 Å². The average molecular weight is 269 g/mol. The average Bonchev–Trinajstić information content (AvgIpc) is 2.42. The molecule has 1 unspecified atom stereocenters. The number of β-amino-alcohol motifs (C(OH)–C–C–N with tert-alkyl or cyclic N) is 1. The lowest BCUT2D eigenvalue weighted by Crippen LogP contribution is -2.46. The fraction of sp³-hybridized carbons (Fsp3) is 0.571. The number of nitrogens with zero attached hydrogens (tertiary/aromatic N) is 1. The standard InChI is InChI=1S/C14H21ClN2O/c1-10-4-5-11(6-13(10)15)17-8-12(18)7-16-14(2,3)9-17/h4-6,12,16,18H,7-9H2,1-3H3. The zero-order chi connectivity index (χ0) is 13.3. The molecule has 4 heteroatoms. The van der Waals surface area contributed by atoms with E-state index in [9.17, 15) is 5.11 Å². The molecule has 0 bridgehead atoms. The monoisotopic (exact) mass is 268 g/mol. The van der Waals surface area contributed by atoms with E-state index in [1.807, 2.05) is 19.1 Å². The van der Waals surface area contributed by atoms with Gasteiger partial charge in [0, 0.05) is 35.9 Å². The first-order valence-corrected chi connectivity index (χ1v) is 6.69. The van der Waals surface area contributed by atoms with Crippen molar-refractivity contribution < 1.29 is 5.11 Å². The van der Waals surface area contributed by atoms with Crippen LogP contribution < -0.4 is 10.2 Å². The molecule has 0 radical (unpaired) electrons. The van der Waals surface area contributed by atoms with Crippen molar-refractivity contribution in [3.63, 3.8) is 0 Å². The van der Waals surface area contributed by atoms with E-state index in [1.54, 1.807) is 0 Å². The van der Waals surface area contributed by atoms with Crippen LogP contribution in [0.2, 0.25) is 5.02 Å². The predicted molar refractivity (Wildman–Crippen MR) is 76.5 cm³/mol. The lowest BCUT2D eigenvalue weighted by atomic mass is 10.1. The Labute approximate surface area is 114 Å². The highest BCUT2D eigenvalue weighted by Crippen LogP contribution is 2.25. The second-order valence-electron chi connectivity index (χ2n) is 5.73. The number of anilines is 1. The summed E-state index contributed by atoms with van der Waals surface area (Å²) in [5.41, 5.74) is 2.13. The van der Waals surface area contributed by atoms with E-state index in [4.69, 9.17) is 11.6 Å². The van der Waals surface area contributed by atoms with E-state index in [0.717, 1.165) is 22.8 Å². The molecule has 1 aromatic rings. The molecule has 3 nitrogen and oxygen atoms in total. The summed E-state index contributed by atoms with van der Waals surface area (Å²) in [6, 6.07) is 6.07. The second kappa shape index (κ2) is 5.08. The minimum absolute atomic E-state index is 0.0190. The number of halogens is 1. The Kier molecular flexibility index (Phi) is 3.85. The molecular formula is C14H21ClN2O. The fourth-order valence-electron chi connectivity index (χ4n) is 2.29. The molecule has 18 heavy (non-hydrogen) atoms. The van der Waals surface area contributed by atoms with E-state index in [0.29, 0.717) is 13.1 Å². The summed E-state index contributed by atoms with van der Waals surface area (Å²) < 4.78 is 0. The molecule has 1 heterocycles. The van der Waals surface area contributed by atoms with Crippen LogP contribution in [0, 0.1) is 6.92 Å². The molecule has 2 N–H and O–H groups in total. The number of hydrogen-bond donors (Lipinski definition) is 2. The van der Waals surface area contributed by atoms with Crippen LogP contribution in [0.15, 0.2) is 18.2 Å². The first-order chi connectivity index (χ1) is 8.37. The van der Waals surface area contributed by atoms with Gasteiger partial charge in [-0.15, -0.1) is 0 Å². The number of hydrogen-bond acceptors (Lipinski definition) is 3. The Morgan fingerprint density at radius 1 is 1.44 bits per heavy atom. The summed E-state index contributed by atoms with van der Waals surface area (Å²) in [5, 5.41) is 14.1. The third-order valence-electron chi connectivity index (χ3n) is 3.35. The van der Waals surface area contributed by atoms with Gasteiger partial charge in [-0.3, -0.25) is 0 Å². The smallest absolute Gasteiger partial charge is 0.0839 e. The highest BCUT2D eigenvalue weighted by molar-refractivity contribution is 6.31. The Hall–Kier alpha value is -0.770. The van der Waals surface area contributed by atoms with Crippen molar-refractivity contribution in [2.24, 2.45) is 0 Å². The third kappa shape index (κ3) is 3.16. The molecule has 1 aliphatic heterocycles. The maximum Gasteiger partial charge on any atom is 0.0839 e. The Morgan fingerprint density at radius 2 is 2.17 bits per heavy atom. The molecule has 0 spiro atoms. The number of aliphatic hydroxyl groups is 1. The quantitative estimate of drug-likeness (QED) is 0.820. The Morgan fingerprint density at radius 3 is 2.83 bits per heavy atom. The van der Waals surface area contributed by atoms with Gasteiger partial charge in [-0.1, -0.05) is 17.7 Å². The minimum Gasteiger partial charge on any atom is -0.390 e. The van der Waals surface area contributed by atoms with Crippen molar-refractivity contribution in [1.29, 1.82) is 0 Å². The first-order valence-electron chi connectivity index (χ1n) is 6.31. The predicted octanol–water partition coefficient (Wildman–Crippen LogP) is 2.20. The molecule has 0 aliphatic carbocycles. The number of aryl methyl sites for hydroxylation is 1. The summed E-state index contributed by atoms with van der Waals surface area (Å²) in [6.07, 6.45) is -0.355. The van der Waals surface area contributed by atoms with Crippen molar-refractivity contribution in [2.45, 2.75) is 32.4 Å². The van der Waals surface area contributed by atoms with E-state index in [1.165, 1.54) is 0 Å². The maximum absolute atomic E-state index is 9.94. The van der Waals surface area contributed by atoms with Gasteiger partial charge in [0.05, 0.1) is 6.10 Å². The van der Waals surface area contributed by atoms with Crippen LogP contribution in [0.1, 0.15) is 19.4 Å². The number of rotatable bonds is 1. The lowest BCUT2D eigenvalue weighted by Gasteiger charge is -2.31. The molecule has 2 rings (SSSR count). The van der Waals surface area contributed by atoms with Crippen LogP contribution >= 0.6 is 11.6 Å². The molecule has 1 aromatic carbocycles. The first kappa shape index (κ1) is 13.7. The van der Waals surface area contributed by atoms with Crippen LogP contribution in [0.25, 0.3) is 0 Å². The van der Waals surface area contributed by atoms with Gasteiger partial charge in [-0.05, 0) is 38.5 Å². The van der Waals surface area contributed by atoms with Gasteiger partial charge in [-0.2, -0.15) is 0 Å². The van der Waals surface area contributed by atoms with Crippen LogP contribution in [-0.2, 0) is 0 Å². The van der Waals surface area contributed by atoms with Crippen molar-refractivity contribution >= 4 is 17.3 Å². The van der Waals surface area contributed by atoms with Gasteiger partial charge in [0.2, 0.25) is 0 Å². The Balaban J connectivity index is 2.26. The van der Waals surface area contributed by atoms with Gasteiger partial charge in [-0.25, -0.2) is 0 Å². The van der Waals surface area contributed by atoms with Gasteiger partial charge < -0.3 is 15.3 Å². The highest BCUT2D eigenvalue weighted by atomic mass is 35.5. The minimum atomic E-state index is -0.355. The number of nitrogens with one attached hydrogen (secondary N) is 1. The summed E-state index contributed by atoms with van der Waals surface area (Å²) >= 11 is 6.18. The molecular weight excluding hydrogens is 248 g/mol. The third-order valence-corrected chi connectivity index (χ3v) is 3.76. The molecule has 100 valence electrons. The fourth-order valence-corrected chi connectivity index (χ4v) is 2.46. The molecule has 1 atom stereocenters. The molecule has 1 fully saturated rings. The molecule has 1 aliphatic rings. The van der Waals surface area contributed by atoms with Crippen molar-refractivity contribution in [3.8, 4) is 0 Å². The summed E-state index contributed by atoms with van der Waals surface area (Å²) in [4.78, 5) is 2.19. The second-order valence-corrected chi connectivity index (χ2v) is 6.14. The maximum atomic E-state index is 9.94. The van der Waals surface area contributed by atoms with Gasteiger partial charge in [0.25, 0.3) is 0 Å². The lowest BCUT2D eigenvalue weighted by molar-refractivity contribution is 0.179. The normalized spacial score (nSPS) is 23.8. The Bertz CT molecular complexity index is 434. The molecule has 0 saturated carbocycles. The summed E-state index contributed by atoms with van der Waals surface area (Å²) in [6.45, 7) is 8.40. The van der Waals surface area contributed by atoms with Crippen molar-refractivity contribution in [1.82, 2.24) is 5.32 Å². The SMILES string of the molecule is Cc1ccc(N2CC(O)CNC(C)(C)C2)cc1Cl.